The Morgan fingerprint density at radius 3 is 2.73 bits per heavy atom. The zero-order chi connectivity index (χ0) is 22.9. The molecule has 0 saturated heterocycles. The topological polar surface area (TPSA) is 147 Å². The molecule has 3 heterocycles. The molecule has 0 amide bonds. The van der Waals surface area contributed by atoms with E-state index in [9.17, 15) is 17.6 Å². The lowest BCUT2D eigenvalue weighted by atomic mass is 9.95. The molecule has 1 aliphatic rings. The fourth-order valence-electron chi connectivity index (χ4n) is 4.22. The van der Waals surface area contributed by atoms with Crippen LogP contribution in [0.25, 0.3) is 43.8 Å². The Balaban J connectivity index is 1.74. The number of H-pyrrole nitrogens is 2. The van der Waals surface area contributed by atoms with Crippen molar-refractivity contribution in [3.05, 3.63) is 58.9 Å². The molecule has 2 aromatic carbocycles. The van der Waals surface area contributed by atoms with Gasteiger partial charge in [0.05, 0.1) is 28.2 Å². The number of nitrogens with two attached hydrogens (primary N) is 1. The summed E-state index contributed by atoms with van der Waals surface area (Å²) >= 11 is 0. The minimum Gasteiger partial charge on any atom is -0.394 e. The van der Waals surface area contributed by atoms with Gasteiger partial charge in [-0.25, -0.2) is 12.8 Å². The molecule has 11 heteroatoms. The van der Waals surface area contributed by atoms with E-state index < -0.39 is 26.6 Å². The van der Waals surface area contributed by atoms with Gasteiger partial charge in [-0.3, -0.25) is 19.6 Å². The third-order valence-electron chi connectivity index (χ3n) is 5.96. The third-order valence-corrected chi connectivity index (χ3v) is 7.82. The number of hydrogen-bond acceptors (Lipinski definition) is 6. The summed E-state index contributed by atoms with van der Waals surface area (Å²) in [6.07, 6.45) is 4.23. The van der Waals surface area contributed by atoms with Crippen LogP contribution in [-0.2, 0) is 10.0 Å². The van der Waals surface area contributed by atoms with E-state index in [1.54, 1.807) is 24.4 Å². The third kappa shape index (κ3) is 2.96. The standard InChI is InChI=1S/C22H17FN6O3S/c23-15-6-5-11(14-9-26-28-19(14)15)17-13-8-16(29-33(31,32)10-3-4-10)12-2-1-7-25-20(12)21(13)27-22(30)18(17)24/h1-2,5-10,29H,3-4,24H2,(H,26,28)(H,27,30). The van der Waals surface area contributed by atoms with Crippen molar-refractivity contribution in [2.45, 2.75) is 18.1 Å². The molecule has 1 fully saturated rings. The lowest BCUT2D eigenvalue weighted by Crippen LogP contribution is -2.18. The smallest absolute Gasteiger partial charge is 0.272 e. The summed E-state index contributed by atoms with van der Waals surface area (Å²) in [6, 6.07) is 7.84. The highest BCUT2D eigenvalue weighted by atomic mass is 32.2. The first-order valence-electron chi connectivity index (χ1n) is 10.2. The molecule has 1 aliphatic carbocycles. The summed E-state index contributed by atoms with van der Waals surface area (Å²) in [6.45, 7) is 0. The fraction of sp³-hybridized carbons (Fsp3) is 0.136. The first kappa shape index (κ1) is 19.7. The van der Waals surface area contributed by atoms with Gasteiger partial charge in [0.15, 0.2) is 0 Å². The van der Waals surface area contributed by atoms with E-state index in [1.165, 1.54) is 18.3 Å². The number of nitrogens with one attached hydrogen (secondary N) is 3. The van der Waals surface area contributed by atoms with Gasteiger partial charge in [0.25, 0.3) is 5.56 Å². The number of aromatic amines is 2. The highest BCUT2D eigenvalue weighted by Crippen LogP contribution is 2.40. The largest absolute Gasteiger partial charge is 0.394 e. The molecule has 0 unspecified atom stereocenters. The van der Waals surface area contributed by atoms with Crippen LogP contribution in [0.1, 0.15) is 12.8 Å². The first-order valence-corrected chi connectivity index (χ1v) is 11.8. The van der Waals surface area contributed by atoms with Gasteiger partial charge in [-0.1, -0.05) is 6.07 Å². The van der Waals surface area contributed by atoms with E-state index in [0.29, 0.717) is 56.8 Å². The van der Waals surface area contributed by atoms with Crippen LogP contribution < -0.4 is 16.0 Å². The summed E-state index contributed by atoms with van der Waals surface area (Å²) in [5.41, 5.74) is 7.76. The second-order valence-corrected chi connectivity index (χ2v) is 10.0. The summed E-state index contributed by atoms with van der Waals surface area (Å²) in [5, 5.41) is 7.56. The number of nitrogen functional groups attached to an aromatic ring is 1. The molecule has 33 heavy (non-hydrogen) atoms. The predicted molar refractivity (Wildman–Crippen MR) is 125 cm³/mol. The van der Waals surface area contributed by atoms with Crippen molar-refractivity contribution < 1.29 is 12.8 Å². The van der Waals surface area contributed by atoms with Crippen LogP contribution in [0.15, 0.2) is 47.5 Å². The minimum absolute atomic E-state index is 0.0807. The highest BCUT2D eigenvalue weighted by molar-refractivity contribution is 7.93. The molecule has 6 rings (SSSR count). The number of anilines is 2. The Kier molecular flexibility index (Phi) is 4.03. The molecule has 3 aromatic heterocycles. The molecule has 0 aliphatic heterocycles. The SMILES string of the molecule is Nc1c(-c2ccc(F)c3[nH]ncc23)c2cc(NS(=O)(=O)C3CC3)c3cccnc3c2[nH]c1=O. The molecular weight excluding hydrogens is 447 g/mol. The zero-order valence-corrected chi connectivity index (χ0v) is 17.8. The summed E-state index contributed by atoms with van der Waals surface area (Å²) < 4.78 is 42.4. The lowest BCUT2D eigenvalue weighted by Gasteiger charge is -2.16. The maximum Gasteiger partial charge on any atom is 0.272 e. The van der Waals surface area contributed by atoms with Crippen molar-refractivity contribution in [1.82, 2.24) is 20.2 Å². The van der Waals surface area contributed by atoms with Gasteiger partial charge in [0.2, 0.25) is 10.0 Å². The predicted octanol–water partition coefficient (Wildman–Crippen LogP) is 3.25. The van der Waals surface area contributed by atoms with Crippen molar-refractivity contribution in [1.29, 1.82) is 0 Å². The normalized spacial score (nSPS) is 14.3. The van der Waals surface area contributed by atoms with Gasteiger partial charge in [-0.15, -0.1) is 0 Å². The first-order chi connectivity index (χ1) is 15.8. The minimum atomic E-state index is -3.57. The molecule has 9 nitrogen and oxygen atoms in total. The fourth-order valence-corrected chi connectivity index (χ4v) is 5.62. The Hall–Kier alpha value is -3.99. The molecule has 0 atom stereocenters. The van der Waals surface area contributed by atoms with Crippen LogP contribution in [0.2, 0.25) is 0 Å². The van der Waals surface area contributed by atoms with E-state index in [4.69, 9.17) is 5.73 Å². The van der Waals surface area contributed by atoms with Crippen molar-refractivity contribution >= 4 is 54.1 Å². The van der Waals surface area contributed by atoms with Crippen LogP contribution in [0.4, 0.5) is 15.8 Å². The monoisotopic (exact) mass is 464 g/mol. The summed E-state index contributed by atoms with van der Waals surface area (Å²) in [4.78, 5) is 20.0. The van der Waals surface area contributed by atoms with Gasteiger partial charge in [0, 0.05) is 27.9 Å². The number of halogens is 1. The van der Waals surface area contributed by atoms with Crippen LogP contribution in [0, 0.1) is 5.82 Å². The number of rotatable bonds is 4. The maximum absolute atomic E-state index is 14.3. The van der Waals surface area contributed by atoms with Crippen molar-refractivity contribution in [2.75, 3.05) is 10.5 Å². The molecule has 5 aromatic rings. The van der Waals surface area contributed by atoms with E-state index in [2.05, 4.69) is 24.9 Å². The number of aromatic nitrogens is 4. The highest BCUT2D eigenvalue weighted by Gasteiger charge is 2.36. The molecule has 0 bridgehead atoms. The van der Waals surface area contributed by atoms with Crippen molar-refractivity contribution in [3.8, 4) is 11.1 Å². The number of fused-ring (bicyclic) bond motifs is 4. The van der Waals surface area contributed by atoms with Gasteiger partial charge in [-0.05, 0) is 42.7 Å². The second-order valence-electron chi connectivity index (χ2n) is 8.09. The number of pyridine rings is 2. The van der Waals surface area contributed by atoms with E-state index in [1.807, 2.05) is 0 Å². The molecule has 1 saturated carbocycles. The van der Waals surface area contributed by atoms with Crippen LogP contribution in [-0.4, -0.2) is 33.8 Å². The van der Waals surface area contributed by atoms with Gasteiger partial charge in [-0.2, -0.15) is 5.10 Å². The van der Waals surface area contributed by atoms with Crippen LogP contribution >= 0.6 is 0 Å². The van der Waals surface area contributed by atoms with Gasteiger partial charge >= 0.3 is 0 Å². The van der Waals surface area contributed by atoms with Crippen molar-refractivity contribution in [2.24, 2.45) is 0 Å². The number of hydrogen-bond donors (Lipinski definition) is 4. The summed E-state index contributed by atoms with van der Waals surface area (Å²) in [7, 11) is -3.57. The Labute approximate surface area is 185 Å². The van der Waals surface area contributed by atoms with Crippen LogP contribution in [0.3, 0.4) is 0 Å². The van der Waals surface area contributed by atoms with Crippen molar-refractivity contribution in [3.63, 3.8) is 0 Å². The quantitative estimate of drug-likeness (QED) is 0.300. The van der Waals surface area contributed by atoms with Gasteiger partial charge < -0.3 is 10.7 Å². The Morgan fingerprint density at radius 2 is 1.94 bits per heavy atom. The number of benzene rings is 2. The summed E-state index contributed by atoms with van der Waals surface area (Å²) in [5.74, 6) is -0.496. The van der Waals surface area contributed by atoms with Gasteiger partial charge in [0.1, 0.15) is 17.0 Å². The molecule has 0 radical (unpaired) electrons. The zero-order valence-electron chi connectivity index (χ0n) is 17.0. The Morgan fingerprint density at radius 1 is 1.12 bits per heavy atom. The number of sulfonamides is 1. The van der Waals surface area contributed by atoms with E-state index >= 15 is 0 Å². The molecule has 166 valence electrons. The second kappa shape index (κ2) is 6.75. The van der Waals surface area contributed by atoms with E-state index in [-0.39, 0.29) is 11.2 Å². The average molecular weight is 464 g/mol. The lowest BCUT2D eigenvalue weighted by molar-refractivity contribution is 0.600. The number of nitrogens with zero attached hydrogens (tertiary/aromatic N) is 2. The molecular formula is C22H17FN6O3S. The van der Waals surface area contributed by atoms with E-state index in [0.717, 1.165) is 0 Å². The molecule has 0 spiro atoms. The van der Waals surface area contributed by atoms with Crippen LogP contribution in [0.5, 0.6) is 0 Å². The average Bonchev–Trinajstić information content (AvgIpc) is 3.55. The maximum atomic E-state index is 14.3. The Bertz CT molecular complexity index is 1770. The molecule has 5 N–H and O–H groups in total.